The van der Waals surface area contributed by atoms with Gasteiger partial charge in [0.05, 0.1) is 17.9 Å². The van der Waals surface area contributed by atoms with Gasteiger partial charge in [0.2, 0.25) is 0 Å². The number of nitroso groups, excluding NO2 is 1. The molecule has 0 aromatic carbocycles. The topological polar surface area (TPSA) is 68.6 Å². The highest BCUT2D eigenvalue weighted by Gasteiger charge is 2.09. The number of pyridine rings is 1. The van der Waals surface area contributed by atoms with Gasteiger partial charge in [-0.3, -0.25) is 4.98 Å². The van der Waals surface area contributed by atoms with Gasteiger partial charge in [0, 0.05) is 6.20 Å². The Bertz CT molecular complexity index is 363. The molecule has 0 atom stereocenters. The maximum Gasteiger partial charge on any atom is 0.339 e. The van der Waals surface area contributed by atoms with Crippen LogP contribution in [0, 0.1) is 11.8 Å². The van der Waals surface area contributed by atoms with Gasteiger partial charge in [-0.2, -0.15) is 0 Å². The number of carbonyl (C=O) groups excluding carboxylic acids is 1. The lowest BCUT2D eigenvalue weighted by Gasteiger charge is -2.02. The first kappa shape index (κ1) is 10.3. The number of nitrogens with zero attached hydrogens (tertiary/aromatic N) is 2. The van der Waals surface area contributed by atoms with Gasteiger partial charge in [-0.05, 0) is 25.1 Å². The molecule has 0 bridgehead atoms. The average Bonchev–Trinajstić information content (AvgIpc) is 2.19. The largest absolute Gasteiger partial charge is 0.462 e. The maximum atomic E-state index is 11.2. The molecule has 0 unspecified atom stereocenters. The van der Waals surface area contributed by atoms with Gasteiger partial charge >= 0.3 is 5.97 Å². The third-order valence-corrected chi connectivity index (χ3v) is 1.67. The first-order valence-electron chi connectivity index (χ1n) is 4.16. The van der Waals surface area contributed by atoms with Crippen LogP contribution < -0.4 is 0 Å². The molecular weight excluding hydrogens is 184 g/mol. The zero-order valence-corrected chi connectivity index (χ0v) is 7.98. The first-order valence-corrected chi connectivity index (χ1v) is 4.16. The lowest BCUT2D eigenvalue weighted by Crippen LogP contribution is -2.05. The molecule has 14 heavy (non-hydrogen) atoms. The minimum absolute atomic E-state index is 0.163. The summed E-state index contributed by atoms with van der Waals surface area (Å²) in [5.74, 6) is -0.495. The van der Waals surface area contributed by atoms with Crippen molar-refractivity contribution in [2.45, 2.75) is 13.8 Å². The van der Waals surface area contributed by atoms with Crippen LogP contribution in [-0.4, -0.2) is 17.6 Å². The Kier molecular flexibility index (Phi) is 3.28. The average molecular weight is 194 g/mol. The summed E-state index contributed by atoms with van der Waals surface area (Å²) in [6, 6.07) is 1.37. The molecule has 0 aliphatic rings. The van der Waals surface area contributed by atoms with Gasteiger partial charge in [0.1, 0.15) is 5.69 Å². The number of ether oxygens (including phenoxy) is 1. The van der Waals surface area contributed by atoms with Gasteiger partial charge in [0.25, 0.3) is 0 Å². The lowest BCUT2D eigenvalue weighted by molar-refractivity contribution is 0.0526. The van der Waals surface area contributed by atoms with E-state index in [0.717, 1.165) is 0 Å². The molecule has 1 aromatic heterocycles. The summed E-state index contributed by atoms with van der Waals surface area (Å²) < 4.78 is 4.74. The Balaban J connectivity index is 3.00. The molecule has 0 fully saturated rings. The normalized spacial score (nSPS) is 9.57. The van der Waals surface area contributed by atoms with Crippen molar-refractivity contribution in [3.8, 4) is 0 Å². The number of rotatable bonds is 3. The lowest BCUT2D eigenvalue weighted by atomic mass is 10.2. The van der Waals surface area contributed by atoms with Gasteiger partial charge in [-0.15, -0.1) is 4.91 Å². The van der Waals surface area contributed by atoms with E-state index in [1.54, 1.807) is 13.8 Å². The van der Waals surface area contributed by atoms with E-state index >= 15 is 0 Å². The standard InChI is InChI=1S/C9H10N2O3/c1-3-14-9(12)7-4-8(11-13)6(2)10-5-7/h4-5H,3H2,1-2H3. The van der Waals surface area contributed by atoms with Gasteiger partial charge < -0.3 is 4.74 Å². The Labute approximate surface area is 81.1 Å². The predicted octanol–water partition coefficient (Wildman–Crippen LogP) is 1.96. The quantitative estimate of drug-likeness (QED) is 0.544. The van der Waals surface area contributed by atoms with Crippen LogP contribution in [0.3, 0.4) is 0 Å². The number of esters is 1. The highest BCUT2D eigenvalue weighted by Crippen LogP contribution is 2.17. The molecule has 0 radical (unpaired) electrons. The molecule has 0 aliphatic heterocycles. The van der Waals surface area contributed by atoms with Crippen LogP contribution in [0.2, 0.25) is 0 Å². The van der Waals surface area contributed by atoms with Crippen LogP contribution in [-0.2, 0) is 4.74 Å². The van der Waals surface area contributed by atoms with Crippen molar-refractivity contribution < 1.29 is 9.53 Å². The summed E-state index contributed by atoms with van der Waals surface area (Å²) >= 11 is 0. The number of carbonyl (C=O) groups is 1. The summed E-state index contributed by atoms with van der Waals surface area (Å²) in [7, 11) is 0. The molecule has 0 N–H and O–H groups in total. The summed E-state index contributed by atoms with van der Waals surface area (Å²) in [5, 5.41) is 2.75. The number of hydrogen-bond acceptors (Lipinski definition) is 5. The fourth-order valence-electron chi connectivity index (χ4n) is 0.940. The van der Waals surface area contributed by atoms with Crippen LogP contribution in [0.1, 0.15) is 23.0 Å². The van der Waals surface area contributed by atoms with Crippen molar-refractivity contribution in [2.75, 3.05) is 6.61 Å². The van der Waals surface area contributed by atoms with Crippen LogP contribution in [0.4, 0.5) is 5.69 Å². The molecule has 0 amide bonds. The van der Waals surface area contributed by atoms with E-state index in [0.29, 0.717) is 5.69 Å². The molecular formula is C9H10N2O3. The summed E-state index contributed by atoms with van der Waals surface area (Å²) in [6.45, 7) is 3.64. The minimum Gasteiger partial charge on any atom is -0.462 e. The van der Waals surface area contributed by atoms with Crippen molar-refractivity contribution in [3.63, 3.8) is 0 Å². The molecule has 5 heteroatoms. The fourth-order valence-corrected chi connectivity index (χ4v) is 0.940. The third-order valence-electron chi connectivity index (χ3n) is 1.67. The van der Waals surface area contributed by atoms with E-state index in [2.05, 4.69) is 10.2 Å². The zero-order valence-electron chi connectivity index (χ0n) is 7.98. The first-order chi connectivity index (χ1) is 6.69. The Morgan fingerprint density at radius 1 is 1.64 bits per heavy atom. The number of hydrogen-bond donors (Lipinski definition) is 0. The number of aryl methyl sites for hydroxylation is 1. The highest BCUT2D eigenvalue weighted by atomic mass is 16.5. The second-order valence-electron chi connectivity index (χ2n) is 2.64. The number of aromatic nitrogens is 1. The van der Waals surface area contributed by atoms with E-state index in [4.69, 9.17) is 4.74 Å². The molecule has 1 rings (SSSR count). The van der Waals surface area contributed by atoms with Crippen molar-refractivity contribution in [3.05, 3.63) is 28.4 Å². The molecule has 0 aliphatic carbocycles. The van der Waals surface area contributed by atoms with Crippen molar-refractivity contribution in [1.82, 2.24) is 4.98 Å². The van der Waals surface area contributed by atoms with E-state index in [1.165, 1.54) is 12.3 Å². The summed E-state index contributed by atoms with van der Waals surface area (Å²) in [6.07, 6.45) is 1.36. The predicted molar refractivity (Wildman–Crippen MR) is 50.4 cm³/mol. The van der Waals surface area contributed by atoms with Crippen molar-refractivity contribution in [1.29, 1.82) is 0 Å². The molecule has 0 spiro atoms. The van der Waals surface area contributed by atoms with Crippen LogP contribution in [0.25, 0.3) is 0 Å². The van der Waals surface area contributed by atoms with Gasteiger partial charge in [-0.1, -0.05) is 0 Å². The molecule has 0 saturated carbocycles. The fraction of sp³-hybridized carbons (Fsp3) is 0.333. The van der Waals surface area contributed by atoms with Crippen LogP contribution >= 0.6 is 0 Å². The molecule has 74 valence electrons. The maximum absolute atomic E-state index is 11.2. The second-order valence-corrected chi connectivity index (χ2v) is 2.64. The van der Waals surface area contributed by atoms with Crippen molar-refractivity contribution in [2.24, 2.45) is 5.18 Å². The molecule has 5 nitrogen and oxygen atoms in total. The Hall–Kier alpha value is -1.78. The smallest absolute Gasteiger partial charge is 0.339 e. The Morgan fingerprint density at radius 3 is 2.93 bits per heavy atom. The zero-order chi connectivity index (χ0) is 10.6. The molecule has 0 saturated heterocycles. The van der Waals surface area contributed by atoms with E-state index < -0.39 is 5.97 Å². The summed E-state index contributed by atoms with van der Waals surface area (Å²) in [5.41, 5.74) is 0.899. The Morgan fingerprint density at radius 2 is 2.36 bits per heavy atom. The van der Waals surface area contributed by atoms with E-state index in [1.807, 2.05) is 0 Å². The molecule has 1 heterocycles. The van der Waals surface area contributed by atoms with E-state index in [9.17, 15) is 9.70 Å². The second kappa shape index (κ2) is 4.45. The van der Waals surface area contributed by atoms with Crippen molar-refractivity contribution >= 4 is 11.7 Å². The van der Waals surface area contributed by atoms with Gasteiger partial charge in [0.15, 0.2) is 0 Å². The van der Waals surface area contributed by atoms with Gasteiger partial charge in [-0.25, -0.2) is 4.79 Å². The highest BCUT2D eigenvalue weighted by molar-refractivity contribution is 5.90. The molecule has 1 aromatic rings. The van der Waals surface area contributed by atoms with Crippen LogP contribution in [0.5, 0.6) is 0 Å². The summed E-state index contributed by atoms with van der Waals surface area (Å²) in [4.78, 5) is 25.4. The van der Waals surface area contributed by atoms with E-state index in [-0.39, 0.29) is 17.9 Å². The van der Waals surface area contributed by atoms with Crippen LogP contribution in [0.15, 0.2) is 17.4 Å². The SMILES string of the molecule is CCOC(=O)c1cnc(C)c(N=O)c1. The minimum atomic E-state index is -0.495. The third kappa shape index (κ3) is 2.12. The monoisotopic (exact) mass is 194 g/mol.